The minimum atomic E-state index is -0.459. The highest BCUT2D eigenvalue weighted by Gasteiger charge is 2.20. The molecule has 0 radical (unpaired) electrons. The van der Waals surface area contributed by atoms with Gasteiger partial charge in [-0.3, -0.25) is 0 Å². The Kier molecular flexibility index (Phi) is 4.14. The van der Waals surface area contributed by atoms with E-state index in [1.54, 1.807) is 0 Å². The molecule has 1 aromatic rings. The lowest BCUT2D eigenvalue weighted by Crippen LogP contribution is -2.18. The number of carbonyl (C=O) groups excluding carboxylic acids is 1. The molecule has 0 aliphatic carbocycles. The van der Waals surface area contributed by atoms with Gasteiger partial charge in [0.1, 0.15) is 12.0 Å². The molecule has 0 spiro atoms. The second-order valence-electron chi connectivity index (χ2n) is 4.65. The molecule has 0 unspecified atom stereocenters. The van der Waals surface area contributed by atoms with Gasteiger partial charge in [-0.2, -0.15) is 0 Å². The zero-order valence-electron chi connectivity index (χ0n) is 10.1. The van der Waals surface area contributed by atoms with Crippen LogP contribution in [-0.4, -0.2) is 12.4 Å². The van der Waals surface area contributed by atoms with Crippen LogP contribution in [0.2, 0.25) is 0 Å². The maximum Gasteiger partial charge on any atom is 0.133 e. The second-order valence-corrected chi connectivity index (χ2v) is 5.51. The highest BCUT2D eigenvalue weighted by molar-refractivity contribution is 9.10. The van der Waals surface area contributed by atoms with Crippen LogP contribution in [0.15, 0.2) is 22.7 Å². The van der Waals surface area contributed by atoms with E-state index >= 15 is 0 Å². The largest absolute Gasteiger partial charge is 0.490 e. The van der Waals surface area contributed by atoms with Crippen LogP contribution in [0.3, 0.4) is 0 Å². The predicted molar refractivity (Wildman–Crippen MR) is 69.0 cm³/mol. The Labute approximate surface area is 105 Å². The lowest BCUT2D eigenvalue weighted by molar-refractivity contribution is -0.111. The third-order valence-corrected chi connectivity index (χ3v) is 2.95. The molecule has 0 aliphatic heterocycles. The summed E-state index contributed by atoms with van der Waals surface area (Å²) in [6.45, 7) is 7.75. The first-order chi connectivity index (χ1) is 7.36. The third kappa shape index (κ3) is 3.08. The topological polar surface area (TPSA) is 26.3 Å². The van der Waals surface area contributed by atoms with Crippen molar-refractivity contribution in [2.75, 3.05) is 0 Å². The minimum absolute atomic E-state index is 0.140. The van der Waals surface area contributed by atoms with Crippen LogP contribution in [0.1, 0.15) is 33.3 Å². The lowest BCUT2D eigenvalue weighted by Gasteiger charge is -2.19. The first kappa shape index (κ1) is 13.2. The lowest BCUT2D eigenvalue weighted by atomic mass is 9.86. The number of carbonyl (C=O) groups is 1. The van der Waals surface area contributed by atoms with Gasteiger partial charge in [-0.25, -0.2) is 0 Å². The van der Waals surface area contributed by atoms with Gasteiger partial charge in [-0.05, 0) is 61.3 Å². The molecule has 1 rings (SSSR count). The third-order valence-electron chi connectivity index (χ3n) is 2.33. The van der Waals surface area contributed by atoms with Gasteiger partial charge in [0.05, 0.1) is 10.6 Å². The summed E-state index contributed by atoms with van der Waals surface area (Å²) in [7, 11) is 0. The Morgan fingerprint density at radius 2 is 2.00 bits per heavy atom. The minimum Gasteiger partial charge on any atom is -0.490 e. The van der Waals surface area contributed by atoms with E-state index in [0.29, 0.717) is 0 Å². The van der Waals surface area contributed by atoms with E-state index in [1.807, 2.05) is 45.9 Å². The van der Waals surface area contributed by atoms with Gasteiger partial charge in [0, 0.05) is 5.41 Å². The van der Waals surface area contributed by atoms with Crippen molar-refractivity contribution in [2.45, 2.75) is 39.2 Å². The molecule has 3 heteroatoms. The molecule has 1 aromatic carbocycles. The molecular weight excluding hydrogens is 268 g/mol. The average Bonchev–Trinajstić information content (AvgIpc) is 2.20. The Hall–Kier alpha value is -0.830. The van der Waals surface area contributed by atoms with Crippen LogP contribution >= 0.6 is 15.9 Å². The van der Waals surface area contributed by atoms with Gasteiger partial charge in [0.15, 0.2) is 0 Å². The molecule has 0 amide bonds. The second kappa shape index (κ2) is 5.00. The van der Waals surface area contributed by atoms with Crippen molar-refractivity contribution in [3.63, 3.8) is 0 Å². The van der Waals surface area contributed by atoms with E-state index in [2.05, 4.69) is 15.9 Å². The first-order valence-electron chi connectivity index (χ1n) is 5.30. The fraction of sp³-hybridized carbons (Fsp3) is 0.462. The first-order valence-corrected chi connectivity index (χ1v) is 6.09. The van der Waals surface area contributed by atoms with E-state index in [1.165, 1.54) is 0 Å². The van der Waals surface area contributed by atoms with Crippen LogP contribution in [0.25, 0.3) is 0 Å². The average molecular weight is 285 g/mol. The molecule has 0 aromatic heterocycles. The summed E-state index contributed by atoms with van der Waals surface area (Å²) in [5.41, 5.74) is 0.518. The number of hydrogen-bond donors (Lipinski definition) is 0. The maximum absolute atomic E-state index is 11.0. The van der Waals surface area contributed by atoms with Crippen molar-refractivity contribution in [3.05, 3.63) is 28.2 Å². The normalized spacial score (nSPS) is 11.6. The van der Waals surface area contributed by atoms with Crippen molar-refractivity contribution in [2.24, 2.45) is 0 Å². The van der Waals surface area contributed by atoms with Crippen molar-refractivity contribution in [3.8, 4) is 5.75 Å². The van der Waals surface area contributed by atoms with Gasteiger partial charge in [-0.15, -0.1) is 0 Å². The smallest absolute Gasteiger partial charge is 0.133 e. The SMILES string of the molecule is CC(C)Oc1ccc(C(C)(C)C=O)cc1Br. The number of halogens is 1. The van der Waals surface area contributed by atoms with Crippen LogP contribution in [0, 0.1) is 0 Å². The number of hydrogen-bond acceptors (Lipinski definition) is 2. The number of ether oxygens (including phenoxy) is 1. The summed E-state index contributed by atoms with van der Waals surface area (Å²) in [4.78, 5) is 11.0. The summed E-state index contributed by atoms with van der Waals surface area (Å²) in [6, 6.07) is 5.76. The fourth-order valence-electron chi connectivity index (χ4n) is 1.32. The molecule has 0 bridgehead atoms. The molecule has 0 atom stereocenters. The molecule has 0 fully saturated rings. The number of rotatable bonds is 4. The Morgan fingerprint density at radius 1 is 1.38 bits per heavy atom. The molecule has 0 saturated heterocycles. The van der Waals surface area contributed by atoms with E-state index in [4.69, 9.17) is 4.74 Å². The molecule has 2 nitrogen and oxygen atoms in total. The molecule has 88 valence electrons. The van der Waals surface area contributed by atoms with Crippen molar-refractivity contribution >= 4 is 22.2 Å². The summed E-state index contributed by atoms with van der Waals surface area (Å²) in [5.74, 6) is 0.806. The Balaban J connectivity index is 3.04. The van der Waals surface area contributed by atoms with Crippen molar-refractivity contribution in [1.82, 2.24) is 0 Å². The number of benzene rings is 1. The van der Waals surface area contributed by atoms with E-state index < -0.39 is 5.41 Å². The van der Waals surface area contributed by atoms with E-state index in [-0.39, 0.29) is 6.10 Å². The summed E-state index contributed by atoms with van der Waals surface area (Å²) in [5, 5.41) is 0. The molecule has 0 aliphatic rings. The highest BCUT2D eigenvalue weighted by Crippen LogP contribution is 2.31. The van der Waals surface area contributed by atoms with Gasteiger partial charge in [0.25, 0.3) is 0 Å². The zero-order chi connectivity index (χ0) is 12.3. The summed E-state index contributed by atoms with van der Waals surface area (Å²) >= 11 is 3.46. The fourth-order valence-corrected chi connectivity index (χ4v) is 1.79. The van der Waals surface area contributed by atoms with Crippen LogP contribution in [0.5, 0.6) is 5.75 Å². The van der Waals surface area contributed by atoms with Crippen molar-refractivity contribution in [1.29, 1.82) is 0 Å². The zero-order valence-corrected chi connectivity index (χ0v) is 11.7. The molecule has 0 saturated carbocycles. The van der Waals surface area contributed by atoms with E-state index in [0.717, 1.165) is 22.1 Å². The standard InChI is InChI=1S/C13H17BrO2/c1-9(2)16-12-6-5-10(7-11(12)14)13(3,4)8-15/h5-9H,1-4H3. The van der Waals surface area contributed by atoms with Gasteiger partial charge < -0.3 is 9.53 Å². The maximum atomic E-state index is 11.0. The van der Waals surface area contributed by atoms with Gasteiger partial charge in [0.2, 0.25) is 0 Å². The van der Waals surface area contributed by atoms with Crippen LogP contribution in [-0.2, 0) is 10.2 Å². The summed E-state index contributed by atoms with van der Waals surface area (Å²) < 4.78 is 6.49. The molecule has 0 heterocycles. The van der Waals surface area contributed by atoms with E-state index in [9.17, 15) is 4.79 Å². The molecule has 16 heavy (non-hydrogen) atoms. The Morgan fingerprint density at radius 3 is 2.44 bits per heavy atom. The van der Waals surface area contributed by atoms with Crippen molar-refractivity contribution < 1.29 is 9.53 Å². The molecule has 0 N–H and O–H groups in total. The highest BCUT2D eigenvalue weighted by atomic mass is 79.9. The predicted octanol–water partition coefficient (Wildman–Crippen LogP) is 3.71. The Bertz CT molecular complexity index is 384. The number of aldehydes is 1. The summed E-state index contributed by atoms with van der Waals surface area (Å²) in [6.07, 6.45) is 1.10. The van der Waals surface area contributed by atoms with Gasteiger partial charge >= 0.3 is 0 Å². The van der Waals surface area contributed by atoms with Crippen LogP contribution < -0.4 is 4.74 Å². The quantitative estimate of drug-likeness (QED) is 0.788. The van der Waals surface area contributed by atoms with Crippen LogP contribution in [0.4, 0.5) is 0 Å². The monoisotopic (exact) mass is 284 g/mol. The van der Waals surface area contributed by atoms with Gasteiger partial charge in [-0.1, -0.05) is 6.07 Å². The molecular formula is C13H17BrO2.